The van der Waals surface area contributed by atoms with Gasteiger partial charge in [0, 0.05) is 4.47 Å². The Labute approximate surface area is 123 Å². The highest BCUT2D eigenvalue weighted by Crippen LogP contribution is 2.29. The summed E-state index contributed by atoms with van der Waals surface area (Å²) in [5, 5.41) is 13.0. The fraction of sp³-hybridized carbons (Fsp3) is 0.167. The maximum absolute atomic E-state index is 8.82. The number of nitriles is 1. The van der Waals surface area contributed by atoms with E-state index in [0.717, 1.165) is 10.0 Å². The van der Waals surface area contributed by atoms with Gasteiger partial charge in [0.25, 0.3) is 0 Å². The van der Waals surface area contributed by atoms with Crippen LogP contribution in [0.4, 0.5) is 5.13 Å². The molecule has 1 aromatic heterocycles. The number of rotatable bonds is 3. The Balaban J connectivity index is 2.13. The first-order valence-corrected chi connectivity index (χ1v) is 7.17. The number of hydrogen-bond donors (Lipinski definition) is 1. The highest BCUT2D eigenvalue weighted by molar-refractivity contribution is 9.10. The number of nitrogens with one attached hydrogen (secondary N) is 1. The average molecular weight is 343 g/mol. The van der Waals surface area contributed by atoms with Crippen molar-refractivity contribution in [2.24, 2.45) is 0 Å². The maximum atomic E-state index is 8.82. The van der Waals surface area contributed by atoms with Crippen LogP contribution < -0.4 is 5.32 Å². The van der Waals surface area contributed by atoms with E-state index in [1.165, 1.54) is 11.3 Å². The molecule has 92 valence electrons. The molecular formula is C12H9BrClN3S. The van der Waals surface area contributed by atoms with E-state index in [2.05, 4.69) is 26.2 Å². The first-order chi connectivity index (χ1) is 8.60. The minimum absolute atomic E-state index is 0.104. The molecule has 0 radical (unpaired) electrons. The lowest BCUT2D eigenvalue weighted by molar-refractivity contribution is 0.881. The monoisotopic (exact) mass is 341 g/mol. The molecule has 0 bridgehead atoms. The predicted molar refractivity (Wildman–Crippen MR) is 78.0 cm³/mol. The van der Waals surface area contributed by atoms with Crippen LogP contribution >= 0.6 is 38.9 Å². The number of benzene rings is 1. The molecule has 0 aliphatic rings. The van der Waals surface area contributed by atoms with Crippen LogP contribution in [0.3, 0.4) is 0 Å². The van der Waals surface area contributed by atoms with Crippen molar-refractivity contribution in [3.63, 3.8) is 0 Å². The summed E-state index contributed by atoms with van der Waals surface area (Å²) >= 11 is 10.5. The minimum Gasteiger partial charge on any atom is -0.355 e. The van der Waals surface area contributed by atoms with Crippen LogP contribution in [0.15, 0.2) is 28.7 Å². The van der Waals surface area contributed by atoms with E-state index in [1.54, 1.807) is 0 Å². The highest BCUT2D eigenvalue weighted by atomic mass is 79.9. The van der Waals surface area contributed by atoms with Crippen LogP contribution in [-0.2, 0) is 0 Å². The second-order valence-electron chi connectivity index (χ2n) is 3.67. The van der Waals surface area contributed by atoms with Crippen LogP contribution in [0.5, 0.6) is 0 Å². The van der Waals surface area contributed by atoms with Gasteiger partial charge >= 0.3 is 0 Å². The molecular weight excluding hydrogens is 334 g/mol. The molecule has 18 heavy (non-hydrogen) atoms. The molecule has 2 aromatic rings. The summed E-state index contributed by atoms with van der Waals surface area (Å²) in [6, 6.07) is 10.2. The molecule has 0 aliphatic carbocycles. The number of anilines is 1. The summed E-state index contributed by atoms with van der Waals surface area (Å²) in [5.41, 5.74) is 1.14. The number of aromatic nitrogens is 1. The van der Waals surface area contributed by atoms with E-state index >= 15 is 0 Å². The van der Waals surface area contributed by atoms with Crippen LogP contribution in [0, 0.1) is 11.3 Å². The molecule has 1 unspecified atom stereocenters. The third kappa shape index (κ3) is 3.02. The Morgan fingerprint density at radius 2 is 2.11 bits per heavy atom. The predicted octanol–water partition coefficient (Wildman–Crippen LogP) is 4.60. The van der Waals surface area contributed by atoms with Gasteiger partial charge in [-0.3, -0.25) is 0 Å². The van der Waals surface area contributed by atoms with Crippen LogP contribution in [0.2, 0.25) is 5.15 Å². The van der Waals surface area contributed by atoms with Crippen molar-refractivity contribution in [3.8, 4) is 6.07 Å². The smallest absolute Gasteiger partial charge is 0.185 e. The van der Waals surface area contributed by atoms with Crippen LogP contribution in [0.25, 0.3) is 0 Å². The molecule has 0 aliphatic heterocycles. The van der Waals surface area contributed by atoms with Gasteiger partial charge < -0.3 is 5.32 Å². The Morgan fingerprint density at radius 3 is 2.67 bits per heavy atom. The molecule has 0 amide bonds. The Hall–Kier alpha value is -1.09. The summed E-state index contributed by atoms with van der Waals surface area (Å²) < 4.78 is 1.04. The van der Waals surface area contributed by atoms with Gasteiger partial charge in [-0.2, -0.15) is 5.26 Å². The molecule has 3 nitrogen and oxygen atoms in total. The lowest BCUT2D eigenvalue weighted by Crippen LogP contribution is -2.05. The molecule has 6 heteroatoms. The lowest BCUT2D eigenvalue weighted by atomic mass is 10.1. The van der Waals surface area contributed by atoms with Crippen molar-refractivity contribution >= 4 is 44.0 Å². The summed E-state index contributed by atoms with van der Waals surface area (Å²) in [6.07, 6.45) is 0. The second kappa shape index (κ2) is 5.70. The van der Waals surface area contributed by atoms with Gasteiger partial charge in [0.15, 0.2) is 10.3 Å². The first-order valence-electron chi connectivity index (χ1n) is 5.18. The molecule has 1 N–H and O–H groups in total. The van der Waals surface area contributed by atoms with Gasteiger partial charge in [-0.05, 0) is 24.6 Å². The van der Waals surface area contributed by atoms with Crippen molar-refractivity contribution in [1.82, 2.24) is 4.98 Å². The van der Waals surface area contributed by atoms with Gasteiger partial charge in [0.05, 0.1) is 6.04 Å². The van der Waals surface area contributed by atoms with Crippen LogP contribution in [0.1, 0.15) is 23.4 Å². The molecule has 0 spiro atoms. The van der Waals surface area contributed by atoms with Gasteiger partial charge in [0.2, 0.25) is 0 Å². The normalized spacial score (nSPS) is 11.9. The van der Waals surface area contributed by atoms with Crippen LogP contribution in [-0.4, -0.2) is 4.98 Å². The SMILES string of the molecule is CC(Nc1nc(Cl)c(C#N)s1)c1ccc(Br)cc1. The summed E-state index contributed by atoms with van der Waals surface area (Å²) in [7, 11) is 0. The Morgan fingerprint density at radius 1 is 1.44 bits per heavy atom. The average Bonchev–Trinajstić information content (AvgIpc) is 2.70. The molecule has 2 rings (SSSR count). The zero-order valence-electron chi connectivity index (χ0n) is 9.45. The molecule has 0 saturated carbocycles. The van der Waals surface area contributed by atoms with E-state index in [9.17, 15) is 0 Å². The number of thiazole rings is 1. The topological polar surface area (TPSA) is 48.7 Å². The molecule has 0 saturated heterocycles. The fourth-order valence-corrected chi connectivity index (χ4v) is 2.75. The van der Waals surface area contributed by atoms with Crippen molar-refractivity contribution in [1.29, 1.82) is 5.26 Å². The Bertz CT molecular complexity index is 588. The standard InChI is InChI=1S/C12H9BrClN3S/c1-7(8-2-4-9(13)5-3-8)16-12-17-11(14)10(6-15)18-12/h2-5,7H,1H3,(H,16,17). The van der Waals surface area contributed by atoms with E-state index in [0.29, 0.717) is 10.0 Å². The van der Waals surface area contributed by atoms with Gasteiger partial charge in [-0.25, -0.2) is 4.98 Å². The highest BCUT2D eigenvalue weighted by Gasteiger charge is 2.11. The number of hydrogen-bond acceptors (Lipinski definition) is 4. The third-order valence-corrected chi connectivity index (χ3v) is 4.20. The molecule has 1 heterocycles. The maximum Gasteiger partial charge on any atom is 0.185 e. The molecule has 1 atom stereocenters. The van der Waals surface area contributed by atoms with E-state index < -0.39 is 0 Å². The fourth-order valence-electron chi connectivity index (χ4n) is 1.45. The zero-order chi connectivity index (χ0) is 13.1. The Kier molecular flexibility index (Phi) is 4.23. The van der Waals surface area contributed by atoms with Crippen molar-refractivity contribution in [2.45, 2.75) is 13.0 Å². The lowest BCUT2D eigenvalue weighted by Gasteiger charge is -2.13. The minimum atomic E-state index is 0.104. The number of nitrogens with zero attached hydrogens (tertiary/aromatic N) is 2. The molecule has 1 aromatic carbocycles. The van der Waals surface area contributed by atoms with E-state index in [1.807, 2.05) is 37.3 Å². The largest absolute Gasteiger partial charge is 0.355 e. The third-order valence-electron chi connectivity index (χ3n) is 2.40. The van der Waals surface area contributed by atoms with Crippen molar-refractivity contribution in [3.05, 3.63) is 44.3 Å². The summed E-state index contributed by atoms with van der Waals surface area (Å²) in [6.45, 7) is 2.03. The molecule has 0 fully saturated rings. The first kappa shape index (κ1) is 13.3. The van der Waals surface area contributed by atoms with Crippen molar-refractivity contribution in [2.75, 3.05) is 5.32 Å². The summed E-state index contributed by atoms with van der Waals surface area (Å²) in [5.74, 6) is 0. The van der Waals surface area contributed by atoms with Crippen molar-refractivity contribution < 1.29 is 0 Å². The zero-order valence-corrected chi connectivity index (χ0v) is 12.6. The quantitative estimate of drug-likeness (QED) is 0.886. The number of halogens is 2. The van der Waals surface area contributed by atoms with Gasteiger partial charge in [-0.15, -0.1) is 0 Å². The summed E-state index contributed by atoms with van der Waals surface area (Å²) in [4.78, 5) is 4.54. The van der Waals surface area contributed by atoms with Gasteiger partial charge in [-0.1, -0.05) is 51.0 Å². The van der Waals surface area contributed by atoms with E-state index in [4.69, 9.17) is 16.9 Å². The van der Waals surface area contributed by atoms with E-state index in [-0.39, 0.29) is 11.2 Å². The van der Waals surface area contributed by atoms with Gasteiger partial charge in [0.1, 0.15) is 10.9 Å². The second-order valence-corrected chi connectivity index (χ2v) is 5.94.